The summed E-state index contributed by atoms with van der Waals surface area (Å²) < 4.78 is 24.4. The second kappa shape index (κ2) is 4.27. The van der Waals surface area contributed by atoms with Gasteiger partial charge in [0.15, 0.2) is 0 Å². The molecule has 5 nitrogen and oxygen atoms in total. The van der Waals surface area contributed by atoms with Crippen molar-refractivity contribution < 1.29 is 13.7 Å². The quantitative estimate of drug-likeness (QED) is 0.473. The van der Waals surface area contributed by atoms with Crippen LogP contribution in [-0.2, 0) is 0 Å². The van der Waals surface area contributed by atoms with E-state index in [1.165, 1.54) is 6.07 Å². The van der Waals surface area contributed by atoms with E-state index in [1.54, 1.807) is 0 Å². The van der Waals surface area contributed by atoms with Crippen LogP contribution in [0.3, 0.4) is 0 Å². The summed E-state index contributed by atoms with van der Waals surface area (Å²) in [5.41, 5.74) is -1.84. The van der Waals surface area contributed by atoms with Crippen molar-refractivity contribution in [2.45, 2.75) is 6.43 Å². The topological polar surface area (TPSA) is 79.8 Å². The molecule has 1 rings (SSSR count). The van der Waals surface area contributed by atoms with Gasteiger partial charge in [0.25, 0.3) is 6.43 Å². The van der Waals surface area contributed by atoms with Gasteiger partial charge in [0, 0.05) is 6.07 Å². The maximum Gasteiger partial charge on any atom is 0.306 e. The summed E-state index contributed by atoms with van der Waals surface area (Å²) in [5, 5.41) is 18.9. The Kier molecular flexibility index (Phi) is 3.26. The molecule has 0 saturated heterocycles. The number of aromatic nitrogens is 1. The summed E-state index contributed by atoms with van der Waals surface area (Å²) >= 11 is 2.71. The Labute approximate surface area is 90.6 Å². The van der Waals surface area contributed by atoms with Crippen LogP contribution in [0.4, 0.5) is 14.5 Å². The molecule has 78 valence electrons. The van der Waals surface area contributed by atoms with E-state index in [2.05, 4.69) is 20.9 Å². The summed E-state index contributed by atoms with van der Waals surface area (Å²) in [7, 11) is 0. The first-order valence-electron chi connectivity index (χ1n) is 3.50. The van der Waals surface area contributed by atoms with Gasteiger partial charge in [-0.25, -0.2) is 13.8 Å². The largest absolute Gasteiger partial charge is 0.306 e. The molecule has 0 N–H and O–H groups in total. The normalized spacial score (nSPS) is 10.1. The van der Waals surface area contributed by atoms with Gasteiger partial charge in [-0.15, -0.1) is 0 Å². The Morgan fingerprint density at radius 3 is 2.67 bits per heavy atom. The lowest BCUT2D eigenvalue weighted by Crippen LogP contribution is -1.99. The van der Waals surface area contributed by atoms with Crippen LogP contribution in [0.15, 0.2) is 10.7 Å². The third-order valence-corrected chi connectivity index (χ3v) is 2.16. The fourth-order valence-corrected chi connectivity index (χ4v) is 1.33. The van der Waals surface area contributed by atoms with Gasteiger partial charge in [-0.05, 0) is 15.9 Å². The molecule has 0 spiro atoms. The van der Waals surface area contributed by atoms with E-state index in [9.17, 15) is 18.9 Å². The van der Waals surface area contributed by atoms with Crippen molar-refractivity contribution in [3.8, 4) is 6.07 Å². The molecule has 1 aromatic heterocycles. The van der Waals surface area contributed by atoms with E-state index in [-0.39, 0.29) is 4.60 Å². The van der Waals surface area contributed by atoms with E-state index in [0.29, 0.717) is 6.07 Å². The van der Waals surface area contributed by atoms with E-state index < -0.39 is 28.3 Å². The lowest BCUT2D eigenvalue weighted by atomic mass is 10.2. The monoisotopic (exact) mass is 277 g/mol. The zero-order valence-corrected chi connectivity index (χ0v) is 8.53. The molecule has 0 aromatic carbocycles. The van der Waals surface area contributed by atoms with Crippen molar-refractivity contribution >= 4 is 21.6 Å². The summed E-state index contributed by atoms with van der Waals surface area (Å²) in [6.45, 7) is 0. The van der Waals surface area contributed by atoms with E-state index >= 15 is 0 Å². The van der Waals surface area contributed by atoms with E-state index in [0.717, 1.165) is 0 Å². The third kappa shape index (κ3) is 2.24. The predicted octanol–water partition coefficient (Wildman–Crippen LogP) is 2.56. The molecular weight excluding hydrogens is 276 g/mol. The standard InChI is InChI=1S/C7H2BrF2N3O2/c8-6-3(7(9)10)1-5(13(14)15)4(2-11)12-6/h1,7H. The Hall–Kier alpha value is -1.62. The molecule has 0 saturated carbocycles. The second-order valence-electron chi connectivity index (χ2n) is 2.41. The number of hydrogen-bond donors (Lipinski definition) is 0. The van der Waals surface area contributed by atoms with Gasteiger partial charge in [0.2, 0.25) is 5.69 Å². The minimum Gasteiger partial charge on any atom is -0.258 e. The van der Waals surface area contributed by atoms with Crippen LogP contribution in [0.1, 0.15) is 17.7 Å². The number of alkyl halides is 2. The first-order chi connectivity index (χ1) is 6.97. The van der Waals surface area contributed by atoms with Crippen molar-refractivity contribution in [1.82, 2.24) is 4.98 Å². The first-order valence-corrected chi connectivity index (χ1v) is 4.29. The van der Waals surface area contributed by atoms with Crippen molar-refractivity contribution in [1.29, 1.82) is 5.26 Å². The number of nitrogens with zero attached hydrogens (tertiary/aromatic N) is 3. The summed E-state index contributed by atoms with van der Waals surface area (Å²) in [6.07, 6.45) is -2.89. The molecule has 8 heteroatoms. The maximum absolute atomic E-state index is 12.3. The SMILES string of the molecule is N#Cc1nc(Br)c(C(F)F)cc1[N+](=O)[O-]. The van der Waals surface area contributed by atoms with Crippen LogP contribution in [-0.4, -0.2) is 9.91 Å². The highest BCUT2D eigenvalue weighted by molar-refractivity contribution is 9.10. The fourth-order valence-electron chi connectivity index (χ4n) is 0.870. The van der Waals surface area contributed by atoms with E-state index in [1.807, 2.05) is 0 Å². The molecule has 0 amide bonds. The average molecular weight is 278 g/mol. The second-order valence-corrected chi connectivity index (χ2v) is 3.16. The minimum atomic E-state index is -2.89. The van der Waals surface area contributed by atoms with Gasteiger partial charge in [-0.2, -0.15) is 5.26 Å². The molecule has 0 aliphatic heterocycles. The van der Waals surface area contributed by atoms with Crippen LogP contribution < -0.4 is 0 Å². The molecular formula is C7H2BrF2N3O2. The zero-order chi connectivity index (χ0) is 11.6. The molecule has 0 atom stereocenters. The minimum absolute atomic E-state index is 0.264. The van der Waals surface area contributed by atoms with Crippen LogP contribution in [0, 0.1) is 21.4 Å². The number of rotatable bonds is 2. The smallest absolute Gasteiger partial charge is 0.258 e. The number of nitro groups is 1. The van der Waals surface area contributed by atoms with Gasteiger partial charge in [-0.3, -0.25) is 10.1 Å². The number of halogens is 3. The highest BCUT2D eigenvalue weighted by Crippen LogP contribution is 2.30. The zero-order valence-electron chi connectivity index (χ0n) is 6.95. The molecule has 0 fully saturated rings. The number of hydrogen-bond acceptors (Lipinski definition) is 4. The van der Waals surface area contributed by atoms with E-state index in [4.69, 9.17) is 5.26 Å². The Morgan fingerprint density at radius 2 is 2.27 bits per heavy atom. The van der Waals surface area contributed by atoms with Gasteiger partial charge < -0.3 is 0 Å². The predicted molar refractivity (Wildman–Crippen MR) is 48.3 cm³/mol. The Bertz CT molecular complexity index is 458. The molecule has 0 unspecified atom stereocenters. The van der Waals surface area contributed by atoms with Crippen molar-refractivity contribution in [3.63, 3.8) is 0 Å². The molecule has 15 heavy (non-hydrogen) atoms. The van der Waals surface area contributed by atoms with Crippen molar-refractivity contribution in [2.24, 2.45) is 0 Å². The maximum atomic E-state index is 12.3. The summed E-state index contributed by atoms with van der Waals surface area (Å²) in [5.74, 6) is 0. The molecule has 0 aliphatic rings. The number of nitriles is 1. The number of pyridine rings is 1. The van der Waals surface area contributed by atoms with Crippen LogP contribution in [0.25, 0.3) is 0 Å². The molecule has 0 bridgehead atoms. The van der Waals surface area contributed by atoms with Crippen LogP contribution >= 0.6 is 15.9 Å². The highest BCUT2D eigenvalue weighted by atomic mass is 79.9. The van der Waals surface area contributed by atoms with Gasteiger partial charge in [0.1, 0.15) is 10.7 Å². The van der Waals surface area contributed by atoms with Gasteiger partial charge >= 0.3 is 5.69 Å². The lowest BCUT2D eigenvalue weighted by molar-refractivity contribution is -0.385. The van der Waals surface area contributed by atoms with Crippen LogP contribution in [0.2, 0.25) is 0 Å². The van der Waals surface area contributed by atoms with Gasteiger partial charge in [-0.1, -0.05) is 0 Å². The first kappa shape index (κ1) is 11.5. The third-order valence-electron chi connectivity index (χ3n) is 1.52. The fraction of sp³-hybridized carbons (Fsp3) is 0.143. The van der Waals surface area contributed by atoms with Gasteiger partial charge in [0.05, 0.1) is 10.5 Å². The molecule has 1 heterocycles. The lowest BCUT2D eigenvalue weighted by Gasteiger charge is -2.02. The molecule has 1 aromatic rings. The summed E-state index contributed by atoms with van der Waals surface area (Å²) in [4.78, 5) is 12.9. The molecule has 0 aliphatic carbocycles. The molecule has 0 radical (unpaired) electrons. The summed E-state index contributed by atoms with van der Waals surface area (Å²) in [6, 6.07) is 2.10. The highest BCUT2D eigenvalue weighted by Gasteiger charge is 2.23. The van der Waals surface area contributed by atoms with Crippen LogP contribution in [0.5, 0.6) is 0 Å². The Morgan fingerprint density at radius 1 is 1.67 bits per heavy atom. The Balaban J connectivity index is 3.45. The average Bonchev–Trinajstić information content (AvgIpc) is 2.16. The van der Waals surface area contributed by atoms with Crippen molar-refractivity contribution in [2.75, 3.05) is 0 Å². The van der Waals surface area contributed by atoms with Crippen molar-refractivity contribution in [3.05, 3.63) is 32.0 Å².